The molecule has 0 aliphatic carbocycles. The number of nitrogens with two attached hydrogens (primary N) is 1. The summed E-state index contributed by atoms with van der Waals surface area (Å²) in [5, 5.41) is 27.9. The number of rotatable bonds is 5. The minimum absolute atomic E-state index is 0.0295. The first kappa shape index (κ1) is 13.1. The zero-order chi connectivity index (χ0) is 12.1. The zero-order valence-electron chi connectivity index (χ0n) is 8.81. The highest BCUT2D eigenvalue weighted by Gasteiger charge is 2.20. The van der Waals surface area contributed by atoms with Crippen molar-refractivity contribution in [2.24, 2.45) is 5.73 Å². The summed E-state index contributed by atoms with van der Waals surface area (Å²) in [6, 6.07) is 3.86. The van der Waals surface area contributed by atoms with Crippen LogP contribution in [0.2, 0.25) is 0 Å². The van der Waals surface area contributed by atoms with Crippen molar-refractivity contribution in [1.82, 2.24) is 0 Å². The Labute approximate surface area is 93.1 Å². The molecule has 2 unspecified atom stereocenters. The third-order valence-electron chi connectivity index (χ3n) is 2.44. The van der Waals surface area contributed by atoms with Crippen LogP contribution < -0.4 is 5.73 Å². The van der Waals surface area contributed by atoms with E-state index >= 15 is 0 Å². The molecule has 0 aromatic heterocycles. The van der Waals surface area contributed by atoms with Gasteiger partial charge in [-0.15, -0.1) is 0 Å². The fourth-order valence-electron chi connectivity index (χ4n) is 1.52. The van der Waals surface area contributed by atoms with Crippen LogP contribution in [0.15, 0.2) is 18.2 Å². The van der Waals surface area contributed by atoms with E-state index in [2.05, 4.69) is 0 Å². The van der Waals surface area contributed by atoms with Crippen LogP contribution in [0.25, 0.3) is 0 Å². The van der Waals surface area contributed by atoms with Crippen molar-refractivity contribution in [2.45, 2.75) is 25.2 Å². The van der Waals surface area contributed by atoms with Crippen LogP contribution in [-0.2, 0) is 6.54 Å². The van der Waals surface area contributed by atoms with E-state index in [9.17, 15) is 14.6 Å². The Bertz CT molecular complexity index is 346. The minimum atomic E-state index is -1.23. The van der Waals surface area contributed by atoms with Crippen LogP contribution in [0.5, 0.6) is 0 Å². The molecule has 0 saturated heterocycles. The van der Waals surface area contributed by atoms with E-state index in [-0.39, 0.29) is 25.1 Å². The van der Waals surface area contributed by atoms with Gasteiger partial charge in [0.1, 0.15) is 11.9 Å². The van der Waals surface area contributed by atoms with Crippen molar-refractivity contribution in [3.05, 3.63) is 35.1 Å². The molecule has 0 amide bonds. The van der Waals surface area contributed by atoms with E-state index in [1.807, 2.05) is 0 Å². The number of hydrogen-bond donors (Lipinski definition) is 4. The molecular formula is C11H16FNO3. The van der Waals surface area contributed by atoms with Gasteiger partial charge in [-0.1, -0.05) is 6.07 Å². The first-order valence-corrected chi connectivity index (χ1v) is 5.05. The zero-order valence-corrected chi connectivity index (χ0v) is 8.81. The molecule has 0 bridgehead atoms. The summed E-state index contributed by atoms with van der Waals surface area (Å²) in [6.07, 6.45) is -2.33. The fourth-order valence-corrected chi connectivity index (χ4v) is 1.52. The van der Waals surface area contributed by atoms with Gasteiger partial charge < -0.3 is 21.1 Å². The van der Waals surface area contributed by atoms with Gasteiger partial charge >= 0.3 is 0 Å². The third kappa shape index (κ3) is 2.99. The van der Waals surface area contributed by atoms with Gasteiger partial charge in [-0.25, -0.2) is 4.39 Å². The summed E-state index contributed by atoms with van der Waals surface area (Å²) >= 11 is 0. The van der Waals surface area contributed by atoms with Gasteiger partial charge in [0.2, 0.25) is 0 Å². The van der Waals surface area contributed by atoms with Crippen molar-refractivity contribution >= 4 is 0 Å². The minimum Gasteiger partial charge on any atom is -0.396 e. The predicted molar refractivity (Wildman–Crippen MR) is 57.0 cm³/mol. The molecule has 5 heteroatoms. The van der Waals surface area contributed by atoms with E-state index in [0.29, 0.717) is 5.56 Å². The summed E-state index contributed by atoms with van der Waals surface area (Å²) in [4.78, 5) is 0. The van der Waals surface area contributed by atoms with Gasteiger partial charge in [0.05, 0.1) is 6.10 Å². The smallest absolute Gasteiger partial charge is 0.123 e. The Morgan fingerprint density at radius 1 is 1.31 bits per heavy atom. The normalized spacial score (nSPS) is 14.8. The van der Waals surface area contributed by atoms with Crippen LogP contribution in [0.3, 0.4) is 0 Å². The highest BCUT2D eigenvalue weighted by molar-refractivity contribution is 5.30. The van der Waals surface area contributed by atoms with Crippen molar-refractivity contribution in [1.29, 1.82) is 0 Å². The van der Waals surface area contributed by atoms with E-state index in [1.54, 1.807) is 0 Å². The molecule has 0 fully saturated rings. The van der Waals surface area contributed by atoms with Crippen molar-refractivity contribution in [3.63, 3.8) is 0 Å². The summed E-state index contributed by atoms with van der Waals surface area (Å²) < 4.78 is 13.0. The lowest BCUT2D eigenvalue weighted by molar-refractivity contribution is 0.00362. The third-order valence-corrected chi connectivity index (χ3v) is 2.44. The molecule has 0 saturated carbocycles. The summed E-state index contributed by atoms with van der Waals surface area (Å²) in [6.45, 7) is -0.0932. The van der Waals surface area contributed by atoms with Gasteiger partial charge in [-0.3, -0.25) is 0 Å². The average molecular weight is 229 g/mol. The Kier molecular flexibility index (Phi) is 4.82. The van der Waals surface area contributed by atoms with E-state index in [4.69, 9.17) is 10.8 Å². The number of aliphatic hydroxyl groups is 3. The maximum absolute atomic E-state index is 13.0. The van der Waals surface area contributed by atoms with Crippen LogP contribution in [-0.4, -0.2) is 28.0 Å². The molecule has 0 aliphatic heterocycles. The molecule has 1 rings (SSSR count). The average Bonchev–Trinajstić information content (AvgIpc) is 2.28. The largest absolute Gasteiger partial charge is 0.396 e. The Hall–Kier alpha value is -1.01. The van der Waals surface area contributed by atoms with Gasteiger partial charge in [-0.2, -0.15) is 0 Å². The summed E-state index contributed by atoms with van der Waals surface area (Å²) in [5.41, 5.74) is 6.29. The highest BCUT2D eigenvalue weighted by Crippen LogP contribution is 2.23. The van der Waals surface area contributed by atoms with Crippen molar-refractivity contribution in [3.8, 4) is 0 Å². The standard InChI is InChI=1S/C11H16FNO3/c12-8-2-1-7(6-13)9(5-8)11(16)10(15)3-4-14/h1-2,5,10-11,14-16H,3-4,6,13H2. The van der Waals surface area contributed by atoms with E-state index in [1.165, 1.54) is 12.1 Å². The topological polar surface area (TPSA) is 86.7 Å². The van der Waals surface area contributed by atoms with E-state index in [0.717, 1.165) is 6.07 Å². The molecule has 5 N–H and O–H groups in total. The molecular weight excluding hydrogens is 213 g/mol. The Morgan fingerprint density at radius 2 is 2.00 bits per heavy atom. The number of benzene rings is 1. The quantitative estimate of drug-likeness (QED) is 0.575. The van der Waals surface area contributed by atoms with E-state index < -0.39 is 18.0 Å². The molecule has 90 valence electrons. The van der Waals surface area contributed by atoms with Crippen molar-refractivity contribution < 1.29 is 19.7 Å². The first-order chi connectivity index (χ1) is 7.60. The molecule has 0 spiro atoms. The van der Waals surface area contributed by atoms with Crippen LogP contribution >= 0.6 is 0 Å². The SMILES string of the molecule is NCc1ccc(F)cc1C(O)C(O)CCO. The monoisotopic (exact) mass is 229 g/mol. The molecule has 2 atom stereocenters. The molecule has 0 radical (unpaired) electrons. The summed E-state index contributed by atoms with van der Waals surface area (Å²) in [5.74, 6) is -0.498. The Morgan fingerprint density at radius 3 is 2.56 bits per heavy atom. The fraction of sp³-hybridized carbons (Fsp3) is 0.455. The van der Waals surface area contributed by atoms with Gasteiger partial charge in [0.25, 0.3) is 0 Å². The Balaban J connectivity index is 2.96. The molecule has 0 heterocycles. The first-order valence-electron chi connectivity index (χ1n) is 5.05. The number of aliphatic hydroxyl groups excluding tert-OH is 3. The number of hydrogen-bond acceptors (Lipinski definition) is 4. The van der Waals surface area contributed by atoms with Crippen molar-refractivity contribution in [2.75, 3.05) is 6.61 Å². The summed E-state index contributed by atoms with van der Waals surface area (Å²) in [7, 11) is 0. The molecule has 0 aliphatic rings. The lowest BCUT2D eigenvalue weighted by atomic mass is 9.97. The maximum atomic E-state index is 13.0. The lowest BCUT2D eigenvalue weighted by Gasteiger charge is -2.19. The van der Waals surface area contributed by atoms with Crippen LogP contribution in [0.1, 0.15) is 23.7 Å². The van der Waals surface area contributed by atoms with Gasteiger partial charge in [0.15, 0.2) is 0 Å². The second-order valence-electron chi connectivity index (χ2n) is 3.57. The highest BCUT2D eigenvalue weighted by atomic mass is 19.1. The van der Waals surface area contributed by atoms with Gasteiger partial charge in [0, 0.05) is 13.2 Å². The molecule has 16 heavy (non-hydrogen) atoms. The van der Waals surface area contributed by atoms with Gasteiger partial charge in [-0.05, 0) is 29.7 Å². The molecule has 4 nitrogen and oxygen atoms in total. The maximum Gasteiger partial charge on any atom is 0.123 e. The number of halogens is 1. The van der Waals surface area contributed by atoms with Crippen LogP contribution in [0.4, 0.5) is 4.39 Å². The predicted octanol–water partition coefficient (Wildman–Crippen LogP) is 0.0611. The van der Waals surface area contributed by atoms with Crippen LogP contribution in [0, 0.1) is 5.82 Å². The lowest BCUT2D eigenvalue weighted by Crippen LogP contribution is -2.21. The molecule has 1 aromatic rings. The molecule has 1 aromatic carbocycles. The second kappa shape index (κ2) is 5.91. The second-order valence-corrected chi connectivity index (χ2v) is 3.57.